The molecule has 8 nitrogen and oxygen atoms in total. The van der Waals surface area contributed by atoms with Gasteiger partial charge in [0, 0.05) is 16.0 Å². The van der Waals surface area contributed by atoms with Crippen LogP contribution in [0, 0.1) is 19.7 Å². The predicted molar refractivity (Wildman–Crippen MR) is 141 cm³/mol. The highest BCUT2D eigenvalue weighted by molar-refractivity contribution is 7.16. The number of hydrogen-bond donors (Lipinski definition) is 2. The van der Waals surface area contributed by atoms with E-state index in [1.807, 2.05) is 6.92 Å². The number of aryl methyl sites for hydroxylation is 1. The van der Waals surface area contributed by atoms with Gasteiger partial charge in [0.25, 0.3) is 11.8 Å². The van der Waals surface area contributed by atoms with E-state index < -0.39 is 29.7 Å². The van der Waals surface area contributed by atoms with Gasteiger partial charge in [0.1, 0.15) is 16.6 Å². The maximum absolute atomic E-state index is 13.8. The Kier molecular flexibility index (Phi) is 9.37. The number of nitrogens with one attached hydrogen (secondary N) is 2. The molecule has 1 heterocycles. The van der Waals surface area contributed by atoms with E-state index in [9.17, 15) is 18.8 Å². The number of carbonyl (C=O) groups excluding carboxylic acids is 3. The number of benzene rings is 2. The highest BCUT2D eigenvalue weighted by Crippen LogP contribution is 2.33. The summed E-state index contributed by atoms with van der Waals surface area (Å²) >= 11 is 7.22. The lowest BCUT2D eigenvalue weighted by molar-refractivity contribution is -0.127. The predicted octanol–water partition coefficient (Wildman–Crippen LogP) is 5.50. The fraction of sp³-hybridized carbons (Fsp3) is 0.231. The average Bonchev–Trinajstić information content (AvgIpc) is 3.13. The first-order valence-electron chi connectivity index (χ1n) is 11.2. The van der Waals surface area contributed by atoms with E-state index in [1.165, 1.54) is 60.7 Å². The van der Waals surface area contributed by atoms with Gasteiger partial charge in [-0.05, 0) is 69.7 Å². The number of thiophene rings is 1. The van der Waals surface area contributed by atoms with E-state index in [0.717, 1.165) is 16.7 Å². The van der Waals surface area contributed by atoms with Crippen LogP contribution in [0.4, 0.5) is 9.39 Å². The summed E-state index contributed by atoms with van der Waals surface area (Å²) in [6.07, 6.45) is 0.178. The third kappa shape index (κ3) is 6.93. The first-order valence-corrected chi connectivity index (χ1v) is 12.4. The average molecular weight is 546 g/mol. The largest absolute Gasteiger partial charge is 0.481 e. The van der Waals surface area contributed by atoms with Crippen molar-refractivity contribution in [2.75, 3.05) is 11.9 Å². The van der Waals surface area contributed by atoms with Crippen molar-refractivity contribution in [3.63, 3.8) is 0 Å². The Bertz CT molecular complexity index is 1320. The van der Waals surface area contributed by atoms with Crippen molar-refractivity contribution < 1.29 is 28.2 Å². The fourth-order valence-corrected chi connectivity index (χ4v) is 4.42. The van der Waals surface area contributed by atoms with Gasteiger partial charge in [-0.2, -0.15) is 5.10 Å². The minimum atomic E-state index is -0.933. The van der Waals surface area contributed by atoms with Gasteiger partial charge in [-0.25, -0.2) is 14.6 Å². The molecule has 2 aromatic carbocycles. The zero-order valence-electron chi connectivity index (χ0n) is 20.6. The van der Waals surface area contributed by atoms with Crippen LogP contribution in [0.15, 0.2) is 47.6 Å². The van der Waals surface area contributed by atoms with E-state index in [1.54, 1.807) is 13.8 Å². The molecule has 0 aliphatic heterocycles. The van der Waals surface area contributed by atoms with Crippen molar-refractivity contribution in [1.29, 1.82) is 0 Å². The summed E-state index contributed by atoms with van der Waals surface area (Å²) in [5.74, 6) is -1.70. The molecule has 2 amide bonds. The summed E-state index contributed by atoms with van der Waals surface area (Å²) in [6, 6.07) is 10.3. The van der Waals surface area contributed by atoms with Crippen molar-refractivity contribution in [2.24, 2.45) is 5.10 Å². The minimum Gasteiger partial charge on any atom is -0.481 e. The van der Waals surface area contributed by atoms with Crippen molar-refractivity contribution >= 4 is 51.9 Å². The Morgan fingerprint density at radius 3 is 2.51 bits per heavy atom. The Balaban J connectivity index is 1.60. The van der Waals surface area contributed by atoms with Crippen LogP contribution < -0.4 is 15.5 Å². The van der Waals surface area contributed by atoms with Crippen LogP contribution in [0.3, 0.4) is 0 Å². The van der Waals surface area contributed by atoms with Crippen LogP contribution >= 0.6 is 22.9 Å². The number of amides is 2. The summed E-state index contributed by atoms with van der Waals surface area (Å²) < 4.78 is 24.5. The molecule has 0 saturated carbocycles. The second kappa shape index (κ2) is 12.5. The lowest BCUT2D eigenvalue weighted by Gasteiger charge is -2.13. The molecule has 0 aliphatic carbocycles. The van der Waals surface area contributed by atoms with E-state index in [0.29, 0.717) is 21.9 Å². The van der Waals surface area contributed by atoms with Gasteiger partial charge >= 0.3 is 5.97 Å². The Hall–Kier alpha value is -3.76. The van der Waals surface area contributed by atoms with Crippen LogP contribution in [0.2, 0.25) is 5.02 Å². The van der Waals surface area contributed by atoms with E-state index >= 15 is 0 Å². The van der Waals surface area contributed by atoms with Gasteiger partial charge in [-0.1, -0.05) is 17.7 Å². The summed E-state index contributed by atoms with van der Waals surface area (Å²) in [5, 5.41) is 7.08. The molecule has 1 atom stereocenters. The number of rotatable bonds is 9. The second-order valence-corrected chi connectivity index (χ2v) is 9.45. The molecule has 3 aromatic rings. The molecule has 0 bridgehead atoms. The zero-order valence-corrected chi connectivity index (χ0v) is 22.1. The Morgan fingerprint density at radius 1 is 1.16 bits per heavy atom. The smallest absolute Gasteiger partial charge is 0.341 e. The fourth-order valence-electron chi connectivity index (χ4n) is 3.17. The third-order valence-corrected chi connectivity index (χ3v) is 6.71. The molecule has 0 saturated heterocycles. The van der Waals surface area contributed by atoms with E-state index in [-0.39, 0.29) is 17.2 Å². The number of nitrogens with zero attached hydrogens (tertiary/aromatic N) is 1. The molecule has 0 fully saturated rings. The standard InChI is InChI=1S/C26H25ClFN3O5S/c1-5-35-26(34)22-14(2)16(4)37-25(22)30-24(33)17-9-11-18(12-10-17)36-15(3)23(32)31-29-13-19-20(27)7-6-8-21(19)28/h6-13,15H,5H2,1-4H3,(H,30,33)(H,31,32)/b29-13-/t15-/m1/s1. The molecule has 194 valence electrons. The molecule has 37 heavy (non-hydrogen) atoms. The van der Waals surface area contributed by atoms with Crippen LogP contribution in [0.5, 0.6) is 5.75 Å². The summed E-state index contributed by atoms with van der Waals surface area (Å²) in [5.41, 5.74) is 3.76. The monoisotopic (exact) mass is 545 g/mol. The molecule has 0 unspecified atom stereocenters. The number of hydrazone groups is 1. The second-order valence-electron chi connectivity index (χ2n) is 7.82. The number of halogens is 2. The zero-order chi connectivity index (χ0) is 27.1. The molecular weight excluding hydrogens is 521 g/mol. The van der Waals surface area contributed by atoms with Crippen molar-refractivity contribution in [3.05, 3.63) is 80.4 Å². The SMILES string of the molecule is CCOC(=O)c1c(NC(=O)c2ccc(O[C@H](C)C(=O)N/N=C\c3c(F)cccc3Cl)cc2)sc(C)c1C. The lowest BCUT2D eigenvalue weighted by Crippen LogP contribution is -2.33. The number of esters is 1. The third-order valence-electron chi connectivity index (χ3n) is 5.26. The number of anilines is 1. The van der Waals surface area contributed by atoms with Crippen molar-refractivity contribution in [2.45, 2.75) is 33.8 Å². The van der Waals surface area contributed by atoms with Gasteiger partial charge < -0.3 is 14.8 Å². The highest BCUT2D eigenvalue weighted by atomic mass is 35.5. The number of hydrogen-bond acceptors (Lipinski definition) is 7. The van der Waals surface area contributed by atoms with E-state index in [2.05, 4.69) is 15.8 Å². The first-order chi connectivity index (χ1) is 17.6. The molecule has 0 spiro atoms. The molecule has 0 radical (unpaired) electrons. The van der Waals surface area contributed by atoms with Crippen molar-refractivity contribution in [3.8, 4) is 5.75 Å². The van der Waals surface area contributed by atoms with Crippen LogP contribution in [-0.2, 0) is 9.53 Å². The molecule has 0 aliphatic rings. The highest BCUT2D eigenvalue weighted by Gasteiger charge is 2.22. The van der Waals surface area contributed by atoms with Crippen LogP contribution in [0.1, 0.15) is 50.6 Å². The molecule has 1 aromatic heterocycles. The summed E-state index contributed by atoms with van der Waals surface area (Å²) in [7, 11) is 0. The van der Waals surface area contributed by atoms with Gasteiger partial charge in [-0.15, -0.1) is 11.3 Å². The quantitative estimate of drug-likeness (QED) is 0.210. The molecule has 2 N–H and O–H groups in total. The molecular formula is C26H25ClFN3O5S. The maximum Gasteiger partial charge on any atom is 0.341 e. The summed E-state index contributed by atoms with van der Waals surface area (Å²) in [6.45, 7) is 7.12. The van der Waals surface area contributed by atoms with Crippen molar-refractivity contribution in [1.82, 2.24) is 5.43 Å². The Labute approximate surface area is 222 Å². The topological polar surface area (TPSA) is 106 Å². The normalized spacial score (nSPS) is 11.7. The maximum atomic E-state index is 13.8. The lowest BCUT2D eigenvalue weighted by atomic mass is 10.1. The van der Waals surface area contributed by atoms with Crippen LogP contribution in [-0.4, -0.2) is 36.7 Å². The van der Waals surface area contributed by atoms with Gasteiger partial charge in [0.2, 0.25) is 0 Å². The van der Waals surface area contributed by atoms with Crippen LogP contribution in [0.25, 0.3) is 0 Å². The van der Waals surface area contributed by atoms with Gasteiger partial charge in [0.05, 0.1) is 23.4 Å². The number of ether oxygens (including phenoxy) is 2. The molecule has 3 rings (SSSR count). The molecule has 11 heteroatoms. The minimum absolute atomic E-state index is 0.0501. The first kappa shape index (κ1) is 27.8. The van der Waals surface area contributed by atoms with E-state index in [4.69, 9.17) is 21.1 Å². The van der Waals surface area contributed by atoms with Gasteiger partial charge in [0.15, 0.2) is 6.10 Å². The number of carbonyl (C=O) groups is 3. The Morgan fingerprint density at radius 2 is 1.86 bits per heavy atom. The van der Waals surface area contributed by atoms with Gasteiger partial charge in [-0.3, -0.25) is 9.59 Å². The summed E-state index contributed by atoms with van der Waals surface area (Å²) in [4.78, 5) is 38.3.